The molecular weight excluding hydrogens is 236 g/mol. The maximum atomic E-state index is 11.8. The Balaban J connectivity index is 1.75. The molecule has 2 fully saturated rings. The van der Waals surface area contributed by atoms with Crippen LogP contribution in [-0.4, -0.2) is 60.3 Å². The summed E-state index contributed by atoms with van der Waals surface area (Å²) in [4.78, 5) is 24.3. The first kappa shape index (κ1) is 13.3. The lowest BCUT2D eigenvalue weighted by molar-refractivity contribution is -0.139. The predicted molar refractivity (Wildman–Crippen MR) is 64.2 cm³/mol. The molecule has 6 heteroatoms. The summed E-state index contributed by atoms with van der Waals surface area (Å²) in [5.41, 5.74) is 0. The number of aliphatic carboxylic acids is 1. The number of carbonyl (C=O) groups is 2. The molecule has 1 aliphatic heterocycles. The molecule has 6 nitrogen and oxygen atoms in total. The summed E-state index contributed by atoms with van der Waals surface area (Å²) >= 11 is 0. The third-order valence-corrected chi connectivity index (χ3v) is 3.33. The fourth-order valence-electron chi connectivity index (χ4n) is 2.23. The van der Waals surface area contributed by atoms with Crippen molar-refractivity contribution in [2.24, 2.45) is 0 Å². The van der Waals surface area contributed by atoms with Gasteiger partial charge in [-0.1, -0.05) is 0 Å². The maximum absolute atomic E-state index is 11.8. The number of carboxylic acids is 1. The molecule has 0 unspecified atom stereocenters. The predicted octanol–water partition coefficient (Wildman–Crippen LogP) is -0.169. The molecule has 18 heavy (non-hydrogen) atoms. The Kier molecular flexibility index (Phi) is 4.54. The molecule has 2 N–H and O–H groups in total. The van der Waals surface area contributed by atoms with Crippen LogP contribution in [0.1, 0.15) is 25.7 Å². The van der Waals surface area contributed by atoms with Gasteiger partial charge in [0.15, 0.2) is 0 Å². The summed E-state index contributed by atoms with van der Waals surface area (Å²) in [6, 6.07) is 0.457. The number of nitrogens with zero attached hydrogens (tertiary/aromatic N) is 1. The molecule has 2 aliphatic rings. The fraction of sp³-hybridized carbons (Fsp3) is 0.833. The Morgan fingerprint density at radius 2 is 1.83 bits per heavy atom. The van der Waals surface area contributed by atoms with Crippen LogP contribution in [0.3, 0.4) is 0 Å². The summed E-state index contributed by atoms with van der Waals surface area (Å²) in [7, 11) is 0. The van der Waals surface area contributed by atoms with Crippen molar-refractivity contribution in [3.8, 4) is 0 Å². The van der Waals surface area contributed by atoms with E-state index in [-0.39, 0.29) is 31.1 Å². The molecule has 2 rings (SSSR count). The van der Waals surface area contributed by atoms with Crippen LogP contribution in [0.15, 0.2) is 0 Å². The van der Waals surface area contributed by atoms with Gasteiger partial charge >= 0.3 is 5.97 Å². The van der Waals surface area contributed by atoms with E-state index in [2.05, 4.69) is 5.32 Å². The van der Waals surface area contributed by atoms with Crippen molar-refractivity contribution in [3.63, 3.8) is 0 Å². The molecule has 1 heterocycles. The smallest absolute Gasteiger partial charge is 0.317 e. The normalized spacial score (nSPS) is 20.9. The molecule has 102 valence electrons. The van der Waals surface area contributed by atoms with E-state index in [1.807, 2.05) is 0 Å². The third-order valence-electron chi connectivity index (χ3n) is 3.33. The van der Waals surface area contributed by atoms with Crippen LogP contribution in [0.4, 0.5) is 0 Å². The Labute approximate surface area is 106 Å². The van der Waals surface area contributed by atoms with Crippen molar-refractivity contribution < 1.29 is 19.4 Å². The zero-order valence-electron chi connectivity index (χ0n) is 10.4. The highest BCUT2D eigenvalue weighted by molar-refractivity contribution is 5.79. The van der Waals surface area contributed by atoms with E-state index < -0.39 is 5.97 Å². The van der Waals surface area contributed by atoms with Crippen LogP contribution in [0.5, 0.6) is 0 Å². The molecule has 1 amide bonds. The van der Waals surface area contributed by atoms with Gasteiger partial charge in [0.1, 0.15) is 0 Å². The number of carboxylic acid groups (broad SMARTS) is 1. The first-order valence-electron chi connectivity index (χ1n) is 6.48. The summed E-state index contributed by atoms with van der Waals surface area (Å²) in [6.07, 6.45) is 3.68. The number of hydrogen-bond acceptors (Lipinski definition) is 4. The lowest BCUT2D eigenvalue weighted by Crippen LogP contribution is -2.45. The number of hydrogen-bond donors (Lipinski definition) is 2. The molecular formula is C12H20N2O4. The number of nitrogens with one attached hydrogen (secondary N) is 1. The minimum Gasteiger partial charge on any atom is -0.480 e. The van der Waals surface area contributed by atoms with Crippen molar-refractivity contribution in [1.82, 2.24) is 10.2 Å². The van der Waals surface area contributed by atoms with E-state index in [1.165, 1.54) is 0 Å². The highest BCUT2D eigenvalue weighted by atomic mass is 16.5. The van der Waals surface area contributed by atoms with Crippen LogP contribution >= 0.6 is 0 Å². The van der Waals surface area contributed by atoms with Gasteiger partial charge in [-0.15, -0.1) is 0 Å². The summed E-state index contributed by atoms with van der Waals surface area (Å²) in [6.45, 7) is 1.51. The molecule has 0 aromatic carbocycles. The van der Waals surface area contributed by atoms with Gasteiger partial charge in [-0.05, 0) is 25.7 Å². The fourth-order valence-corrected chi connectivity index (χ4v) is 2.23. The van der Waals surface area contributed by atoms with E-state index >= 15 is 0 Å². The van der Waals surface area contributed by atoms with Crippen LogP contribution in [-0.2, 0) is 14.3 Å². The van der Waals surface area contributed by atoms with E-state index in [0.717, 1.165) is 25.7 Å². The van der Waals surface area contributed by atoms with Gasteiger partial charge in [-0.2, -0.15) is 0 Å². The molecule has 1 saturated heterocycles. The van der Waals surface area contributed by atoms with Crippen LogP contribution in [0.25, 0.3) is 0 Å². The van der Waals surface area contributed by atoms with Gasteiger partial charge in [-0.25, -0.2) is 0 Å². The van der Waals surface area contributed by atoms with Crippen LogP contribution in [0.2, 0.25) is 0 Å². The van der Waals surface area contributed by atoms with Crippen LogP contribution < -0.4 is 5.32 Å². The molecule has 0 spiro atoms. The number of rotatable bonds is 6. The maximum Gasteiger partial charge on any atom is 0.317 e. The first-order chi connectivity index (χ1) is 8.65. The van der Waals surface area contributed by atoms with Gasteiger partial charge in [0.25, 0.3) is 0 Å². The second kappa shape index (κ2) is 6.15. The Hall–Kier alpha value is -1.14. The lowest BCUT2D eigenvalue weighted by Gasteiger charge is -2.25. The van der Waals surface area contributed by atoms with Crippen molar-refractivity contribution >= 4 is 11.9 Å². The monoisotopic (exact) mass is 256 g/mol. The standard InChI is InChI=1S/C12H20N2O4/c15-11(13-9-3-5-18-6-4-9)7-14(8-12(16)17)10-1-2-10/h9-10H,1-8H2,(H,13,15)(H,16,17). The van der Waals surface area contributed by atoms with E-state index in [4.69, 9.17) is 9.84 Å². The minimum absolute atomic E-state index is 0.0497. The summed E-state index contributed by atoms with van der Waals surface area (Å²) in [5, 5.41) is 11.8. The Bertz CT molecular complexity index is 311. The number of carbonyl (C=O) groups excluding carboxylic acids is 1. The van der Waals surface area contributed by atoms with Gasteiger partial charge in [0.05, 0.1) is 13.1 Å². The minimum atomic E-state index is -0.874. The highest BCUT2D eigenvalue weighted by Gasteiger charge is 2.31. The molecule has 0 aromatic heterocycles. The largest absolute Gasteiger partial charge is 0.480 e. The molecule has 1 aliphatic carbocycles. The molecule has 0 radical (unpaired) electrons. The van der Waals surface area contributed by atoms with Gasteiger partial charge < -0.3 is 15.2 Å². The molecule has 0 atom stereocenters. The van der Waals surface area contributed by atoms with E-state index in [1.54, 1.807) is 4.90 Å². The van der Waals surface area contributed by atoms with Gasteiger partial charge in [0, 0.05) is 25.3 Å². The van der Waals surface area contributed by atoms with Gasteiger partial charge in [-0.3, -0.25) is 14.5 Å². The second-order valence-corrected chi connectivity index (χ2v) is 4.98. The SMILES string of the molecule is O=C(O)CN(CC(=O)NC1CCOCC1)C1CC1. The summed E-state index contributed by atoms with van der Waals surface area (Å²) in [5.74, 6) is -0.948. The zero-order valence-corrected chi connectivity index (χ0v) is 10.4. The third kappa shape index (κ3) is 4.27. The average Bonchev–Trinajstić information content (AvgIpc) is 3.12. The lowest BCUT2D eigenvalue weighted by atomic mass is 10.1. The number of ether oxygens (including phenoxy) is 1. The molecule has 1 saturated carbocycles. The van der Waals surface area contributed by atoms with Crippen molar-refractivity contribution in [3.05, 3.63) is 0 Å². The summed E-state index contributed by atoms with van der Waals surface area (Å²) < 4.78 is 5.22. The van der Waals surface area contributed by atoms with Crippen molar-refractivity contribution in [2.45, 2.75) is 37.8 Å². The van der Waals surface area contributed by atoms with Crippen LogP contribution in [0, 0.1) is 0 Å². The van der Waals surface area contributed by atoms with Crippen molar-refractivity contribution in [1.29, 1.82) is 0 Å². The van der Waals surface area contributed by atoms with E-state index in [9.17, 15) is 9.59 Å². The molecule has 0 aromatic rings. The second-order valence-electron chi connectivity index (χ2n) is 4.98. The number of amides is 1. The highest BCUT2D eigenvalue weighted by Crippen LogP contribution is 2.26. The quantitative estimate of drug-likeness (QED) is 0.690. The average molecular weight is 256 g/mol. The van der Waals surface area contributed by atoms with Crippen molar-refractivity contribution in [2.75, 3.05) is 26.3 Å². The zero-order chi connectivity index (χ0) is 13.0. The molecule has 0 bridgehead atoms. The first-order valence-corrected chi connectivity index (χ1v) is 6.48. The van der Waals surface area contributed by atoms with E-state index in [0.29, 0.717) is 13.2 Å². The Morgan fingerprint density at radius 1 is 1.17 bits per heavy atom. The Morgan fingerprint density at radius 3 is 2.39 bits per heavy atom. The topological polar surface area (TPSA) is 78.9 Å². The van der Waals surface area contributed by atoms with Gasteiger partial charge in [0.2, 0.25) is 5.91 Å².